The molecule has 2 N–H and O–H groups in total. The van der Waals surface area contributed by atoms with Crippen LogP contribution in [0, 0.1) is 5.82 Å². The van der Waals surface area contributed by atoms with Gasteiger partial charge >= 0.3 is 5.97 Å². The molecule has 26 heavy (non-hydrogen) atoms. The molecule has 0 atom stereocenters. The minimum absolute atomic E-state index is 0.233. The molecule has 0 aliphatic rings. The Labute approximate surface area is 149 Å². The van der Waals surface area contributed by atoms with E-state index in [-0.39, 0.29) is 5.91 Å². The van der Waals surface area contributed by atoms with Crippen LogP contribution < -0.4 is 15.4 Å². The first-order valence-corrected chi connectivity index (χ1v) is 7.64. The minimum atomic E-state index is -0.739. The lowest BCUT2D eigenvalue weighted by Gasteiger charge is -2.09. The van der Waals surface area contributed by atoms with Crippen LogP contribution >= 0.6 is 0 Å². The van der Waals surface area contributed by atoms with Crippen molar-refractivity contribution in [2.75, 3.05) is 23.8 Å². The molecule has 2 rings (SSSR count). The molecule has 8 heteroatoms. The molecule has 2 amide bonds. The molecule has 0 heterocycles. The number of halogens is 1. The highest BCUT2D eigenvalue weighted by atomic mass is 19.1. The van der Waals surface area contributed by atoms with Gasteiger partial charge < -0.3 is 20.1 Å². The predicted octanol–water partition coefficient (Wildman–Crippen LogP) is 2.34. The largest absolute Gasteiger partial charge is 0.482 e. The summed E-state index contributed by atoms with van der Waals surface area (Å²) in [6.07, 6.45) is 0. The molecule has 7 nitrogen and oxygen atoms in total. The molecule has 0 spiro atoms. The van der Waals surface area contributed by atoms with Gasteiger partial charge in [0, 0.05) is 18.3 Å². The Kier molecular flexibility index (Phi) is 6.67. The molecule has 0 saturated heterocycles. The van der Waals surface area contributed by atoms with Gasteiger partial charge in [0.1, 0.15) is 11.6 Å². The average molecular weight is 360 g/mol. The standard InChI is InChI=1S/C18H17FN2O5/c1-12(22)20-14-3-2-4-15(9-14)21-17(23)10-26-18(24)11-25-16-7-5-13(19)6-8-16/h2-9H,10-11H2,1H3,(H,20,22)(H,21,23). The van der Waals surface area contributed by atoms with Gasteiger partial charge in [-0.2, -0.15) is 0 Å². The lowest BCUT2D eigenvalue weighted by atomic mass is 10.2. The molecular formula is C18H17FN2O5. The number of nitrogens with one attached hydrogen (secondary N) is 2. The molecule has 136 valence electrons. The maximum absolute atomic E-state index is 12.7. The molecule has 2 aromatic carbocycles. The number of ether oxygens (including phenoxy) is 2. The van der Waals surface area contributed by atoms with Crippen molar-refractivity contribution >= 4 is 29.2 Å². The maximum atomic E-state index is 12.7. The van der Waals surface area contributed by atoms with Crippen molar-refractivity contribution in [1.82, 2.24) is 0 Å². The molecule has 0 aliphatic heterocycles. The topological polar surface area (TPSA) is 93.7 Å². The zero-order valence-electron chi connectivity index (χ0n) is 14.0. The van der Waals surface area contributed by atoms with E-state index in [1.807, 2.05) is 0 Å². The molecule has 0 saturated carbocycles. The Morgan fingerprint density at radius 3 is 2.27 bits per heavy atom. The van der Waals surface area contributed by atoms with Crippen LogP contribution in [0.4, 0.5) is 15.8 Å². The zero-order valence-corrected chi connectivity index (χ0v) is 14.0. The Balaban J connectivity index is 1.74. The molecule has 0 aromatic heterocycles. The van der Waals surface area contributed by atoms with Gasteiger partial charge in [-0.15, -0.1) is 0 Å². The smallest absolute Gasteiger partial charge is 0.344 e. The maximum Gasteiger partial charge on any atom is 0.344 e. The van der Waals surface area contributed by atoms with E-state index in [0.29, 0.717) is 17.1 Å². The first-order valence-electron chi connectivity index (χ1n) is 7.64. The molecule has 0 aliphatic carbocycles. The number of amides is 2. The third kappa shape index (κ3) is 6.60. The van der Waals surface area contributed by atoms with Gasteiger partial charge in [0.2, 0.25) is 5.91 Å². The van der Waals surface area contributed by atoms with Crippen LogP contribution in [0.3, 0.4) is 0 Å². The fraction of sp³-hybridized carbons (Fsp3) is 0.167. The lowest BCUT2D eigenvalue weighted by Crippen LogP contribution is -2.23. The van der Waals surface area contributed by atoms with Crippen molar-refractivity contribution in [3.05, 3.63) is 54.3 Å². The van der Waals surface area contributed by atoms with E-state index >= 15 is 0 Å². The van der Waals surface area contributed by atoms with Crippen molar-refractivity contribution in [2.45, 2.75) is 6.92 Å². The average Bonchev–Trinajstić information content (AvgIpc) is 2.59. The monoisotopic (exact) mass is 360 g/mol. The summed E-state index contributed by atoms with van der Waals surface area (Å²) >= 11 is 0. The second-order valence-electron chi connectivity index (χ2n) is 5.21. The van der Waals surface area contributed by atoms with Gasteiger partial charge in [-0.05, 0) is 42.5 Å². The third-order valence-electron chi connectivity index (χ3n) is 3.00. The number of rotatable bonds is 7. The van der Waals surface area contributed by atoms with Crippen molar-refractivity contribution < 1.29 is 28.2 Å². The third-order valence-corrected chi connectivity index (χ3v) is 3.00. The molecule has 0 bridgehead atoms. The number of esters is 1. The second-order valence-corrected chi connectivity index (χ2v) is 5.21. The highest BCUT2D eigenvalue weighted by Gasteiger charge is 2.09. The first kappa shape index (κ1) is 18.9. The van der Waals surface area contributed by atoms with E-state index in [2.05, 4.69) is 10.6 Å². The Morgan fingerprint density at radius 1 is 0.962 bits per heavy atom. The van der Waals surface area contributed by atoms with E-state index in [4.69, 9.17) is 9.47 Å². The van der Waals surface area contributed by atoms with E-state index in [0.717, 1.165) is 0 Å². The molecule has 2 aromatic rings. The van der Waals surface area contributed by atoms with Gasteiger partial charge in [0.25, 0.3) is 5.91 Å². The minimum Gasteiger partial charge on any atom is -0.482 e. The Bertz CT molecular complexity index is 792. The molecule has 0 fully saturated rings. The van der Waals surface area contributed by atoms with Crippen LogP contribution in [0.1, 0.15) is 6.92 Å². The number of carbonyl (C=O) groups excluding carboxylic acids is 3. The summed E-state index contributed by atoms with van der Waals surface area (Å²) in [4.78, 5) is 34.4. The van der Waals surface area contributed by atoms with Crippen LogP contribution in [-0.4, -0.2) is 31.0 Å². The number of benzene rings is 2. The fourth-order valence-corrected chi connectivity index (χ4v) is 1.94. The summed E-state index contributed by atoms with van der Waals surface area (Å²) in [5, 5.41) is 5.13. The number of hydrogen-bond donors (Lipinski definition) is 2. The van der Waals surface area contributed by atoms with Gasteiger partial charge in [-0.3, -0.25) is 9.59 Å². The highest BCUT2D eigenvalue weighted by molar-refractivity contribution is 5.94. The van der Waals surface area contributed by atoms with Crippen LogP contribution in [0.2, 0.25) is 0 Å². The van der Waals surface area contributed by atoms with Crippen LogP contribution in [-0.2, 0) is 19.1 Å². The van der Waals surface area contributed by atoms with E-state index in [1.54, 1.807) is 24.3 Å². The summed E-state index contributed by atoms with van der Waals surface area (Å²) in [6, 6.07) is 11.7. The van der Waals surface area contributed by atoms with Crippen LogP contribution in [0.15, 0.2) is 48.5 Å². The normalized spacial score (nSPS) is 9.92. The second kappa shape index (κ2) is 9.16. The summed E-state index contributed by atoms with van der Waals surface area (Å²) in [5.74, 6) is -1.62. The summed E-state index contributed by atoms with van der Waals surface area (Å²) in [7, 11) is 0. The summed E-state index contributed by atoms with van der Waals surface area (Å²) < 4.78 is 22.7. The number of carbonyl (C=O) groups is 3. The number of anilines is 2. The SMILES string of the molecule is CC(=O)Nc1cccc(NC(=O)COC(=O)COc2ccc(F)cc2)c1. The van der Waals surface area contributed by atoms with Gasteiger partial charge in [-0.25, -0.2) is 9.18 Å². The molecular weight excluding hydrogens is 343 g/mol. The van der Waals surface area contributed by atoms with Crippen LogP contribution in [0.5, 0.6) is 5.75 Å². The van der Waals surface area contributed by atoms with Crippen molar-refractivity contribution in [3.8, 4) is 5.75 Å². The summed E-state index contributed by atoms with van der Waals surface area (Å²) in [5.41, 5.74) is 0.972. The van der Waals surface area contributed by atoms with E-state index in [1.165, 1.54) is 31.2 Å². The summed E-state index contributed by atoms with van der Waals surface area (Å²) in [6.45, 7) is 0.478. The van der Waals surface area contributed by atoms with E-state index < -0.39 is 30.9 Å². The van der Waals surface area contributed by atoms with Gasteiger partial charge in [0.05, 0.1) is 0 Å². The fourth-order valence-electron chi connectivity index (χ4n) is 1.94. The molecule has 0 unspecified atom stereocenters. The van der Waals surface area contributed by atoms with Crippen molar-refractivity contribution in [1.29, 1.82) is 0 Å². The van der Waals surface area contributed by atoms with Gasteiger partial charge in [0.15, 0.2) is 13.2 Å². The predicted molar refractivity (Wildman–Crippen MR) is 92.2 cm³/mol. The first-order chi connectivity index (χ1) is 12.4. The van der Waals surface area contributed by atoms with Crippen LogP contribution in [0.25, 0.3) is 0 Å². The van der Waals surface area contributed by atoms with Crippen molar-refractivity contribution in [2.24, 2.45) is 0 Å². The Morgan fingerprint density at radius 2 is 1.62 bits per heavy atom. The van der Waals surface area contributed by atoms with Gasteiger partial charge in [-0.1, -0.05) is 6.07 Å². The highest BCUT2D eigenvalue weighted by Crippen LogP contribution is 2.15. The van der Waals surface area contributed by atoms with E-state index in [9.17, 15) is 18.8 Å². The quantitative estimate of drug-likeness (QED) is 0.739. The zero-order chi connectivity index (χ0) is 18.9. The molecule has 0 radical (unpaired) electrons. The lowest BCUT2D eigenvalue weighted by molar-refractivity contribution is -0.149. The number of hydrogen-bond acceptors (Lipinski definition) is 5. The Hall–Kier alpha value is -3.42. The van der Waals surface area contributed by atoms with Crippen molar-refractivity contribution in [3.63, 3.8) is 0 Å².